The zero-order chi connectivity index (χ0) is 15.4. The summed E-state index contributed by atoms with van der Waals surface area (Å²) >= 11 is 3.32. The highest BCUT2D eigenvalue weighted by molar-refractivity contribution is 9.10. The van der Waals surface area contributed by atoms with Gasteiger partial charge in [-0.1, -0.05) is 41.1 Å². The molecule has 2 aromatic carbocycles. The van der Waals surface area contributed by atoms with Crippen LogP contribution in [0.4, 0.5) is 13.2 Å². The van der Waals surface area contributed by atoms with Crippen molar-refractivity contribution in [2.24, 2.45) is 0 Å². The van der Waals surface area contributed by atoms with Crippen molar-refractivity contribution in [2.45, 2.75) is 19.4 Å². The van der Waals surface area contributed by atoms with Crippen LogP contribution in [0.15, 0.2) is 40.9 Å². The molecule has 2 aromatic rings. The van der Waals surface area contributed by atoms with Crippen LogP contribution in [0.1, 0.15) is 24.1 Å². The van der Waals surface area contributed by atoms with Crippen LogP contribution in [-0.2, 0) is 6.42 Å². The third-order valence-electron chi connectivity index (χ3n) is 3.24. The Labute approximate surface area is 130 Å². The van der Waals surface area contributed by atoms with Crippen LogP contribution < -0.4 is 5.32 Å². The van der Waals surface area contributed by atoms with Crippen molar-refractivity contribution in [3.05, 3.63) is 69.4 Å². The molecule has 0 bridgehead atoms. The van der Waals surface area contributed by atoms with E-state index in [1.165, 1.54) is 18.2 Å². The van der Waals surface area contributed by atoms with E-state index < -0.39 is 11.6 Å². The Morgan fingerprint density at radius 1 is 1.14 bits per heavy atom. The van der Waals surface area contributed by atoms with Crippen molar-refractivity contribution in [1.82, 2.24) is 5.32 Å². The topological polar surface area (TPSA) is 12.0 Å². The largest absolute Gasteiger partial charge is 0.310 e. The molecule has 112 valence electrons. The van der Waals surface area contributed by atoms with Crippen LogP contribution >= 0.6 is 15.9 Å². The summed E-state index contributed by atoms with van der Waals surface area (Å²) in [5, 5.41) is 3.21. The lowest BCUT2D eigenvalue weighted by molar-refractivity contribution is 0.480. The molecule has 0 aliphatic heterocycles. The minimum atomic E-state index is -0.860. The third kappa shape index (κ3) is 3.86. The first-order valence-corrected chi connectivity index (χ1v) is 7.43. The summed E-state index contributed by atoms with van der Waals surface area (Å²) < 4.78 is 40.9. The molecule has 0 saturated heterocycles. The number of benzene rings is 2. The van der Waals surface area contributed by atoms with Gasteiger partial charge in [0.15, 0.2) is 11.6 Å². The molecule has 1 atom stereocenters. The molecule has 0 aliphatic carbocycles. The Morgan fingerprint density at radius 3 is 2.57 bits per heavy atom. The van der Waals surface area contributed by atoms with Crippen molar-refractivity contribution in [3.8, 4) is 0 Å². The summed E-state index contributed by atoms with van der Waals surface area (Å²) in [5.74, 6) is -2.04. The summed E-state index contributed by atoms with van der Waals surface area (Å²) in [5.41, 5.74) is 1.10. The summed E-state index contributed by atoms with van der Waals surface area (Å²) in [6.07, 6.45) is 0.279. The van der Waals surface area contributed by atoms with E-state index in [0.29, 0.717) is 11.0 Å². The number of rotatable bonds is 5. The van der Waals surface area contributed by atoms with Gasteiger partial charge in [0.2, 0.25) is 0 Å². The number of hydrogen-bond donors (Lipinski definition) is 1. The molecule has 0 radical (unpaired) electrons. The van der Waals surface area contributed by atoms with E-state index in [9.17, 15) is 13.2 Å². The zero-order valence-electron chi connectivity index (χ0n) is 11.5. The number of likely N-dealkylation sites (N-methyl/N-ethyl adjacent to an activating group) is 1. The van der Waals surface area contributed by atoms with E-state index in [2.05, 4.69) is 21.2 Å². The lowest BCUT2D eigenvalue weighted by Gasteiger charge is -2.20. The molecular formula is C16H15BrF3N. The van der Waals surface area contributed by atoms with Crippen LogP contribution in [0, 0.1) is 17.5 Å². The summed E-state index contributed by atoms with van der Waals surface area (Å²) in [6, 6.07) is 8.25. The average molecular weight is 358 g/mol. The van der Waals surface area contributed by atoms with Gasteiger partial charge < -0.3 is 5.32 Å². The molecular weight excluding hydrogens is 343 g/mol. The van der Waals surface area contributed by atoms with Crippen molar-refractivity contribution >= 4 is 15.9 Å². The highest BCUT2D eigenvalue weighted by atomic mass is 79.9. The smallest absolute Gasteiger partial charge is 0.162 e. The number of nitrogens with one attached hydrogen (secondary N) is 1. The Balaban J connectivity index is 2.33. The minimum absolute atomic E-state index is 0.235. The molecule has 21 heavy (non-hydrogen) atoms. The van der Waals surface area contributed by atoms with Crippen LogP contribution in [0.3, 0.4) is 0 Å². The second-order valence-electron chi connectivity index (χ2n) is 4.69. The maximum Gasteiger partial charge on any atom is 0.162 e. The molecule has 5 heteroatoms. The maximum absolute atomic E-state index is 13.8. The van der Waals surface area contributed by atoms with Gasteiger partial charge in [-0.25, -0.2) is 13.2 Å². The van der Waals surface area contributed by atoms with E-state index >= 15 is 0 Å². The highest BCUT2D eigenvalue weighted by Gasteiger charge is 2.18. The Bertz CT molecular complexity index is 631. The molecule has 1 nitrogen and oxygen atoms in total. The van der Waals surface area contributed by atoms with E-state index in [1.54, 1.807) is 12.1 Å². The number of hydrogen-bond acceptors (Lipinski definition) is 1. The fourth-order valence-electron chi connectivity index (χ4n) is 2.25. The van der Waals surface area contributed by atoms with Gasteiger partial charge in [0.1, 0.15) is 5.82 Å². The van der Waals surface area contributed by atoms with Crippen LogP contribution in [-0.4, -0.2) is 6.54 Å². The second kappa shape index (κ2) is 7.09. The van der Waals surface area contributed by atoms with E-state index in [4.69, 9.17) is 0 Å². The summed E-state index contributed by atoms with van der Waals surface area (Å²) in [4.78, 5) is 0. The minimum Gasteiger partial charge on any atom is -0.310 e. The number of halogens is 4. The molecule has 0 spiro atoms. The molecule has 0 fully saturated rings. The first-order chi connectivity index (χ1) is 10.0. The quantitative estimate of drug-likeness (QED) is 0.813. The fraction of sp³-hybridized carbons (Fsp3) is 0.250. The van der Waals surface area contributed by atoms with Crippen LogP contribution in [0.5, 0.6) is 0 Å². The van der Waals surface area contributed by atoms with Crippen molar-refractivity contribution < 1.29 is 13.2 Å². The van der Waals surface area contributed by atoms with Gasteiger partial charge in [0.05, 0.1) is 0 Å². The molecule has 1 unspecified atom stereocenters. The Kier molecular flexibility index (Phi) is 5.42. The first-order valence-electron chi connectivity index (χ1n) is 6.64. The zero-order valence-corrected chi connectivity index (χ0v) is 13.1. The SMILES string of the molecule is CCNC(Cc1cccc(F)c1F)c1ccc(F)cc1Br. The van der Waals surface area contributed by atoms with Gasteiger partial charge in [-0.15, -0.1) is 0 Å². The molecule has 0 aliphatic rings. The molecule has 0 heterocycles. The van der Waals surface area contributed by atoms with Gasteiger partial charge in [-0.2, -0.15) is 0 Å². The monoisotopic (exact) mass is 357 g/mol. The lowest BCUT2D eigenvalue weighted by atomic mass is 9.98. The van der Waals surface area contributed by atoms with Gasteiger partial charge in [0, 0.05) is 10.5 Å². The van der Waals surface area contributed by atoms with Gasteiger partial charge >= 0.3 is 0 Å². The van der Waals surface area contributed by atoms with Crippen LogP contribution in [0.25, 0.3) is 0 Å². The molecule has 2 rings (SSSR count). The first kappa shape index (κ1) is 16.0. The molecule has 1 N–H and O–H groups in total. The van der Waals surface area contributed by atoms with E-state index in [0.717, 1.165) is 11.6 Å². The molecule has 0 amide bonds. The Morgan fingerprint density at radius 2 is 1.90 bits per heavy atom. The third-order valence-corrected chi connectivity index (χ3v) is 3.93. The van der Waals surface area contributed by atoms with Gasteiger partial charge in [0.25, 0.3) is 0 Å². The lowest BCUT2D eigenvalue weighted by Crippen LogP contribution is -2.24. The van der Waals surface area contributed by atoms with Crippen molar-refractivity contribution in [2.75, 3.05) is 6.54 Å². The van der Waals surface area contributed by atoms with E-state index in [-0.39, 0.29) is 23.8 Å². The standard InChI is InChI=1S/C16H15BrF3N/c1-2-21-15(12-7-6-11(18)9-13(12)17)8-10-4-3-5-14(19)16(10)20/h3-7,9,15,21H,2,8H2,1H3. The summed E-state index contributed by atoms with van der Waals surface area (Å²) in [7, 11) is 0. The fourth-order valence-corrected chi connectivity index (χ4v) is 2.88. The van der Waals surface area contributed by atoms with Crippen LogP contribution in [0.2, 0.25) is 0 Å². The second-order valence-corrected chi connectivity index (χ2v) is 5.55. The predicted octanol–water partition coefficient (Wildman–Crippen LogP) is 4.76. The average Bonchev–Trinajstić information content (AvgIpc) is 2.43. The maximum atomic E-state index is 13.8. The molecule has 0 saturated carbocycles. The van der Waals surface area contributed by atoms with Crippen molar-refractivity contribution in [1.29, 1.82) is 0 Å². The van der Waals surface area contributed by atoms with Gasteiger partial charge in [-0.3, -0.25) is 0 Å². The predicted molar refractivity (Wildman–Crippen MR) is 80.6 cm³/mol. The molecule has 0 aromatic heterocycles. The van der Waals surface area contributed by atoms with Crippen molar-refractivity contribution in [3.63, 3.8) is 0 Å². The Hall–Kier alpha value is -1.33. The van der Waals surface area contributed by atoms with Gasteiger partial charge in [-0.05, 0) is 42.3 Å². The normalized spacial score (nSPS) is 12.4. The van der Waals surface area contributed by atoms with E-state index in [1.807, 2.05) is 6.92 Å². The summed E-state index contributed by atoms with van der Waals surface area (Å²) in [6.45, 7) is 2.58. The highest BCUT2D eigenvalue weighted by Crippen LogP contribution is 2.28.